The molecule has 2 rings (SSSR count). The van der Waals surface area contributed by atoms with E-state index < -0.39 is 4.92 Å². The zero-order valence-electron chi connectivity index (χ0n) is 11.1. The lowest BCUT2D eigenvalue weighted by Crippen LogP contribution is -2.01. The molecule has 0 radical (unpaired) electrons. The third-order valence-electron chi connectivity index (χ3n) is 2.55. The fourth-order valence-corrected chi connectivity index (χ4v) is 1.66. The van der Waals surface area contributed by atoms with Gasteiger partial charge in [-0.05, 0) is 18.6 Å². The number of hydrogen-bond donors (Lipinski definition) is 1. The second kappa shape index (κ2) is 6.51. The second-order valence-electron chi connectivity index (χ2n) is 4.19. The molecule has 6 nitrogen and oxygen atoms in total. The predicted octanol–water partition coefficient (Wildman–Crippen LogP) is 3.60. The third kappa shape index (κ3) is 3.68. The quantitative estimate of drug-likeness (QED) is 0.642. The molecule has 0 saturated carbocycles. The Morgan fingerprint density at radius 1 is 1.35 bits per heavy atom. The Hall–Kier alpha value is -2.63. The van der Waals surface area contributed by atoms with Crippen molar-refractivity contribution in [2.75, 3.05) is 11.9 Å². The minimum absolute atomic E-state index is 0.00927. The highest BCUT2D eigenvalue weighted by molar-refractivity contribution is 5.57. The maximum absolute atomic E-state index is 10.9. The van der Waals surface area contributed by atoms with E-state index in [9.17, 15) is 10.1 Å². The number of aromatic nitrogens is 1. The van der Waals surface area contributed by atoms with Gasteiger partial charge in [0.05, 0.1) is 17.2 Å². The van der Waals surface area contributed by atoms with Crippen molar-refractivity contribution in [2.45, 2.75) is 13.3 Å². The van der Waals surface area contributed by atoms with E-state index in [1.54, 1.807) is 30.6 Å². The molecule has 0 bridgehead atoms. The summed E-state index contributed by atoms with van der Waals surface area (Å²) in [5, 5.41) is 14.1. The van der Waals surface area contributed by atoms with E-state index in [-0.39, 0.29) is 5.69 Å². The monoisotopic (exact) mass is 273 g/mol. The van der Waals surface area contributed by atoms with Crippen LogP contribution in [0.5, 0.6) is 11.5 Å². The fraction of sp³-hybridized carbons (Fsp3) is 0.214. The Kier molecular flexibility index (Phi) is 4.49. The first-order valence-corrected chi connectivity index (χ1v) is 6.30. The third-order valence-corrected chi connectivity index (χ3v) is 2.55. The number of anilines is 1. The van der Waals surface area contributed by atoms with E-state index in [0.29, 0.717) is 17.2 Å². The van der Waals surface area contributed by atoms with Crippen molar-refractivity contribution in [1.82, 2.24) is 4.98 Å². The Morgan fingerprint density at radius 2 is 2.20 bits per heavy atom. The maximum atomic E-state index is 10.9. The zero-order valence-corrected chi connectivity index (χ0v) is 11.1. The van der Waals surface area contributed by atoms with Crippen LogP contribution in [0.15, 0.2) is 42.7 Å². The van der Waals surface area contributed by atoms with Crippen LogP contribution in [-0.2, 0) is 0 Å². The van der Waals surface area contributed by atoms with Crippen LogP contribution in [0.3, 0.4) is 0 Å². The highest BCUT2D eigenvalue weighted by atomic mass is 16.6. The Bertz CT molecular complexity index is 587. The van der Waals surface area contributed by atoms with Gasteiger partial charge in [-0.2, -0.15) is 0 Å². The van der Waals surface area contributed by atoms with Gasteiger partial charge in [0.15, 0.2) is 0 Å². The van der Waals surface area contributed by atoms with Gasteiger partial charge < -0.3 is 10.1 Å². The van der Waals surface area contributed by atoms with Crippen LogP contribution < -0.4 is 10.1 Å². The summed E-state index contributed by atoms with van der Waals surface area (Å²) in [6.45, 7) is 2.77. The lowest BCUT2D eigenvalue weighted by Gasteiger charge is -2.09. The predicted molar refractivity (Wildman–Crippen MR) is 76.2 cm³/mol. The summed E-state index contributed by atoms with van der Waals surface area (Å²) < 4.78 is 5.58. The van der Waals surface area contributed by atoms with Crippen LogP contribution in [0.25, 0.3) is 0 Å². The summed E-state index contributed by atoms with van der Waals surface area (Å²) in [5.74, 6) is 0.945. The zero-order chi connectivity index (χ0) is 14.4. The molecule has 6 heteroatoms. The van der Waals surface area contributed by atoms with E-state index in [2.05, 4.69) is 10.3 Å². The number of non-ortho nitro benzene ring substituents is 1. The van der Waals surface area contributed by atoms with Crippen LogP contribution >= 0.6 is 0 Å². The maximum Gasteiger partial charge on any atom is 0.275 e. The molecule has 1 aromatic carbocycles. The summed E-state index contributed by atoms with van der Waals surface area (Å²) in [4.78, 5) is 14.4. The lowest BCUT2D eigenvalue weighted by atomic mass is 10.2. The van der Waals surface area contributed by atoms with Gasteiger partial charge in [0, 0.05) is 30.6 Å². The number of nitrogens with zero attached hydrogens (tertiary/aromatic N) is 2. The van der Waals surface area contributed by atoms with Crippen LogP contribution in [0.1, 0.15) is 13.3 Å². The van der Waals surface area contributed by atoms with Crippen molar-refractivity contribution in [3.8, 4) is 11.5 Å². The molecule has 0 atom stereocenters. The molecule has 0 amide bonds. The molecule has 1 aromatic heterocycles. The molecular formula is C14H15N3O3. The molecule has 20 heavy (non-hydrogen) atoms. The summed E-state index contributed by atoms with van der Waals surface area (Å²) >= 11 is 0. The number of hydrogen-bond acceptors (Lipinski definition) is 5. The number of rotatable bonds is 6. The van der Waals surface area contributed by atoms with Crippen LogP contribution in [-0.4, -0.2) is 16.5 Å². The molecule has 1 N–H and O–H groups in total. The average Bonchev–Trinajstić information content (AvgIpc) is 2.46. The van der Waals surface area contributed by atoms with Gasteiger partial charge >= 0.3 is 0 Å². The van der Waals surface area contributed by atoms with Gasteiger partial charge in [0.25, 0.3) is 5.69 Å². The van der Waals surface area contributed by atoms with E-state index in [1.165, 1.54) is 12.1 Å². The molecule has 0 unspecified atom stereocenters. The molecule has 0 aliphatic rings. The van der Waals surface area contributed by atoms with Gasteiger partial charge in [-0.3, -0.25) is 15.1 Å². The van der Waals surface area contributed by atoms with Crippen molar-refractivity contribution < 1.29 is 9.66 Å². The Balaban J connectivity index is 2.26. The molecule has 0 aliphatic carbocycles. The number of nitro benzene ring substituents is 1. The van der Waals surface area contributed by atoms with Crippen molar-refractivity contribution in [1.29, 1.82) is 0 Å². The van der Waals surface area contributed by atoms with Crippen molar-refractivity contribution in [2.24, 2.45) is 0 Å². The van der Waals surface area contributed by atoms with Gasteiger partial charge in [0.2, 0.25) is 0 Å². The number of benzene rings is 1. The molecule has 0 fully saturated rings. The summed E-state index contributed by atoms with van der Waals surface area (Å²) in [6.07, 6.45) is 4.12. The average molecular weight is 273 g/mol. The lowest BCUT2D eigenvalue weighted by molar-refractivity contribution is -0.384. The highest BCUT2D eigenvalue weighted by Gasteiger charge is 2.11. The molecule has 0 spiro atoms. The Labute approximate surface area is 116 Å². The summed E-state index contributed by atoms with van der Waals surface area (Å²) in [5.41, 5.74) is 0.657. The molecule has 104 valence electrons. The normalized spacial score (nSPS) is 10.1. The highest BCUT2D eigenvalue weighted by Crippen LogP contribution is 2.29. The van der Waals surface area contributed by atoms with Crippen LogP contribution in [0.2, 0.25) is 0 Å². The molecule has 1 heterocycles. The minimum atomic E-state index is -0.437. The number of pyridine rings is 1. The van der Waals surface area contributed by atoms with E-state index >= 15 is 0 Å². The molecule has 2 aromatic rings. The second-order valence-corrected chi connectivity index (χ2v) is 4.19. The fourth-order valence-electron chi connectivity index (χ4n) is 1.66. The first-order chi connectivity index (χ1) is 9.69. The van der Waals surface area contributed by atoms with Crippen LogP contribution in [0.4, 0.5) is 11.4 Å². The molecule has 0 aliphatic heterocycles. The van der Waals surface area contributed by atoms with Gasteiger partial charge in [-0.25, -0.2) is 0 Å². The first kappa shape index (κ1) is 13.8. The first-order valence-electron chi connectivity index (χ1n) is 6.30. The van der Waals surface area contributed by atoms with Gasteiger partial charge in [0.1, 0.15) is 11.5 Å². The van der Waals surface area contributed by atoms with Gasteiger partial charge in [-0.15, -0.1) is 0 Å². The largest absolute Gasteiger partial charge is 0.455 e. The Morgan fingerprint density at radius 3 is 2.85 bits per heavy atom. The molecule has 0 saturated heterocycles. The van der Waals surface area contributed by atoms with Gasteiger partial charge in [-0.1, -0.05) is 6.92 Å². The van der Waals surface area contributed by atoms with E-state index in [4.69, 9.17) is 4.74 Å². The van der Waals surface area contributed by atoms with Crippen molar-refractivity contribution >= 4 is 11.4 Å². The minimum Gasteiger partial charge on any atom is -0.455 e. The standard InChI is InChI=1S/C14H15N3O3/c1-2-5-16-11-7-12(17(18)19)9-14(8-11)20-13-4-3-6-15-10-13/h3-4,6-10,16H,2,5H2,1H3. The molecular weight excluding hydrogens is 258 g/mol. The number of ether oxygens (including phenoxy) is 1. The smallest absolute Gasteiger partial charge is 0.275 e. The summed E-state index contributed by atoms with van der Waals surface area (Å²) in [6, 6.07) is 8.10. The number of nitrogens with one attached hydrogen (secondary N) is 1. The summed E-state index contributed by atoms with van der Waals surface area (Å²) in [7, 11) is 0. The topological polar surface area (TPSA) is 77.3 Å². The van der Waals surface area contributed by atoms with Crippen molar-refractivity contribution in [3.05, 3.63) is 52.8 Å². The van der Waals surface area contributed by atoms with Crippen LogP contribution in [0, 0.1) is 10.1 Å². The van der Waals surface area contributed by atoms with Crippen molar-refractivity contribution in [3.63, 3.8) is 0 Å². The SMILES string of the molecule is CCCNc1cc(Oc2cccnc2)cc([N+](=O)[O-])c1. The van der Waals surface area contributed by atoms with E-state index in [1.807, 2.05) is 6.92 Å². The number of nitro groups is 1. The van der Waals surface area contributed by atoms with E-state index in [0.717, 1.165) is 13.0 Å².